The largest absolute Gasteiger partial charge is 0.504 e. The summed E-state index contributed by atoms with van der Waals surface area (Å²) in [5.74, 6) is 0.0454. The van der Waals surface area contributed by atoms with Crippen molar-refractivity contribution in [3.8, 4) is 11.5 Å². The fourth-order valence-electron chi connectivity index (χ4n) is 1.56. The smallest absolute Gasteiger partial charge is 0.229 e. The molecule has 4 atom stereocenters. The van der Waals surface area contributed by atoms with Crippen LogP contribution in [-0.2, 0) is 4.74 Å². The van der Waals surface area contributed by atoms with Crippen LogP contribution in [0.5, 0.6) is 11.5 Å². The molecule has 0 spiro atoms. The molecule has 1 aliphatic rings. The van der Waals surface area contributed by atoms with Crippen molar-refractivity contribution in [2.24, 2.45) is 0 Å². The zero-order valence-electron chi connectivity index (χ0n) is 8.93. The Morgan fingerprint density at radius 1 is 1.12 bits per heavy atom. The molecule has 1 aliphatic heterocycles. The second kappa shape index (κ2) is 4.89. The molecule has 0 aromatic heterocycles. The maximum atomic E-state index is 9.62. The van der Waals surface area contributed by atoms with Crippen molar-refractivity contribution in [1.82, 2.24) is 0 Å². The van der Waals surface area contributed by atoms with Crippen molar-refractivity contribution >= 4 is 0 Å². The van der Waals surface area contributed by atoms with Crippen LogP contribution >= 0.6 is 0 Å². The molecule has 0 amide bonds. The van der Waals surface area contributed by atoms with Crippen LogP contribution in [-0.4, -0.2) is 51.6 Å². The Labute approximate surface area is 97.7 Å². The monoisotopic (exact) mass is 242 g/mol. The van der Waals surface area contributed by atoms with Gasteiger partial charge >= 0.3 is 0 Å². The van der Waals surface area contributed by atoms with E-state index < -0.39 is 24.6 Å². The van der Waals surface area contributed by atoms with Gasteiger partial charge in [-0.3, -0.25) is 0 Å². The van der Waals surface area contributed by atoms with Gasteiger partial charge in [0.1, 0.15) is 18.3 Å². The van der Waals surface area contributed by atoms with Crippen molar-refractivity contribution in [2.45, 2.75) is 24.6 Å². The van der Waals surface area contributed by atoms with Crippen LogP contribution in [0.3, 0.4) is 0 Å². The van der Waals surface area contributed by atoms with Crippen LogP contribution in [0.4, 0.5) is 0 Å². The van der Waals surface area contributed by atoms with Crippen LogP contribution in [0, 0.1) is 0 Å². The van der Waals surface area contributed by atoms with E-state index >= 15 is 0 Å². The number of hydrogen-bond acceptors (Lipinski definition) is 6. The summed E-state index contributed by atoms with van der Waals surface area (Å²) in [7, 11) is 0. The molecule has 6 nitrogen and oxygen atoms in total. The van der Waals surface area contributed by atoms with Crippen molar-refractivity contribution in [1.29, 1.82) is 0 Å². The van der Waals surface area contributed by atoms with Gasteiger partial charge in [-0.05, 0) is 12.1 Å². The third-order valence-corrected chi connectivity index (χ3v) is 2.56. The van der Waals surface area contributed by atoms with Crippen molar-refractivity contribution in [2.75, 3.05) is 6.61 Å². The van der Waals surface area contributed by atoms with Gasteiger partial charge < -0.3 is 29.9 Å². The summed E-state index contributed by atoms with van der Waals surface area (Å²) in [5, 5.41) is 37.8. The molecule has 1 aromatic rings. The number of para-hydroxylation sites is 2. The molecule has 1 aromatic carbocycles. The molecule has 17 heavy (non-hydrogen) atoms. The first-order valence-corrected chi connectivity index (χ1v) is 5.20. The number of phenols is 1. The molecular weight excluding hydrogens is 228 g/mol. The normalized spacial score (nSPS) is 33.4. The Kier molecular flexibility index (Phi) is 3.49. The minimum absolute atomic E-state index is 0.0936. The first-order valence-electron chi connectivity index (χ1n) is 5.20. The number of hydrogen-bond donors (Lipinski definition) is 4. The van der Waals surface area contributed by atoms with Gasteiger partial charge in [-0.1, -0.05) is 12.1 Å². The molecule has 0 aliphatic carbocycles. The number of aromatic hydroxyl groups is 1. The quantitative estimate of drug-likeness (QED) is 0.542. The van der Waals surface area contributed by atoms with Gasteiger partial charge in [-0.25, -0.2) is 0 Å². The van der Waals surface area contributed by atoms with Gasteiger partial charge in [0.25, 0.3) is 0 Å². The first-order chi connectivity index (χ1) is 8.09. The van der Waals surface area contributed by atoms with E-state index in [4.69, 9.17) is 9.47 Å². The highest BCUT2D eigenvalue weighted by molar-refractivity contribution is 5.38. The first kappa shape index (κ1) is 12.1. The zero-order chi connectivity index (χ0) is 12.4. The second-order valence-corrected chi connectivity index (χ2v) is 3.84. The Bertz CT molecular complexity index is 382. The summed E-state index contributed by atoms with van der Waals surface area (Å²) in [6.07, 6.45) is -4.98. The lowest BCUT2D eigenvalue weighted by Gasteiger charge is -2.34. The van der Waals surface area contributed by atoms with E-state index in [1.165, 1.54) is 12.1 Å². The maximum Gasteiger partial charge on any atom is 0.229 e. The molecule has 6 heteroatoms. The summed E-state index contributed by atoms with van der Waals surface area (Å²) < 4.78 is 10.3. The molecule has 4 N–H and O–H groups in total. The lowest BCUT2D eigenvalue weighted by atomic mass is 10.1. The van der Waals surface area contributed by atoms with Crippen molar-refractivity contribution in [3.05, 3.63) is 24.3 Å². The van der Waals surface area contributed by atoms with E-state index in [9.17, 15) is 20.4 Å². The fraction of sp³-hybridized carbons (Fsp3) is 0.455. The van der Waals surface area contributed by atoms with Crippen LogP contribution in [0.15, 0.2) is 24.3 Å². The molecule has 1 unspecified atom stereocenters. The lowest BCUT2D eigenvalue weighted by Crippen LogP contribution is -2.54. The molecule has 1 saturated heterocycles. The fourth-order valence-corrected chi connectivity index (χ4v) is 1.56. The van der Waals surface area contributed by atoms with Crippen molar-refractivity contribution in [3.63, 3.8) is 0 Å². The molecule has 1 heterocycles. The standard InChI is InChI=1S/C11H14O6/c12-6-3-1-2-4-8(6)17-11-10(15)9(14)7(13)5-16-11/h1-4,7,9-15H,5H2/t7-,9+,10-,11?/m1/s1. The van der Waals surface area contributed by atoms with E-state index in [1.54, 1.807) is 12.1 Å². The predicted molar refractivity (Wildman–Crippen MR) is 56.5 cm³/mol. The van der Waals surface area contributed by atoms with Crippen LogP contribution in [0.1, 0.15) is 0 Å². The SMILES string of the molecule is Oc1ccccc1OC1OC[C@@H](O)[C@H](O)[C@H]1O. The van der Waals surface area contributed by atoms with E-state index in [2.05, 4.69) is 0 Å². The molecular formula is C11H14O6. The summed E-state index contributed by atoms with van der Waals surface area (Å²) in [6.45, 7) is -0.142. The number of aliphatic hydroxyl groups excluding tert-OH is 3. The average molecular weight is 242 g/mol. The Balaban J connectivity index is 2.07. The molecule has 0 saturated carbocycles. The van der Waals surface area contributed by atoms with Crippen LogP contribution < -0.4 is 4.74 Å². The number of benzene rings is 1. The lowest BCUT2D eigenvalue weighted by molar-refractivity contribution is -0.242. The third-order valence-electron chi connectivity index (χ3n) is 2.56. The van der Waals surface area contributed by atoms with E-state index in [0.29, 0.717) is 0 Å². The number of ether oxygens (including phenoxy) is 2. The number of phenolic OH excluding ortho intramolecular Hbond substituents is 1. The van der Waals surface area contributed by atoms with Crippen LogP contribution in [0.2, 0.25) is 0 Å². The Hall–Kier alpha value is -1.34. The molecule has 1 fully saturated rings. The topological polar surface area (TPSA) is 99.4 Å². The Morgan fingerprint density at radius 3 is 2.53 bits per heavy atom. The summed E-state index contributed by atoms with van der Waals surface area (Å²) in [5.41, 5.74) is 0. The minimum Gasteiger partial charge on any atom is -0.504 e. The van der Waals surface area contributed by atoms with Gasteiger partial charge in [0.15, 0.2) is 11.5 Å². The minimum atomic E-state index is -1.38. The maximum absolute atomic E-state index is 9.62. The average Bonchev–Trinajstić information content (AvgIpc) is 2.32. The summed E-state index contributed by atoms with van der Waals surface area (Å²) >= 11 is 0. The van der Waals surface area contributed by atoms with Gasteiger partial charge in [0, 0.05) is 0 Å². The van der Waals surface area contributed by atoms with E-state index in [1.807, 2.05) is 0 Å². The summed E-state index contributed by atoms with van der Waals surface area (Å²) in [4.78, 5) is 0. The number of aliphatic hydroxyl groups is 3. The Morgan fingerprint density at radius 2 is 1.82 bits per heavy atom. The highest BCUT2D eigenvalue weighted by atomic mass is 16.7. The zero-order valence-corrected chi connectivity index (χ0v) is 8.93. The third kappa shape index (κ3) is 2.50. The highest BCUT2D eigenvalue weighted by Gasteiger charge is 2.39. The summed E-state index contributed by atoms with van der Waals surface area (Å²) in [6, 6.07) is 6.20. The van der Waals surface area contributed by atoms with Gasteiger partial charge in [0.2, 0.25) is 6.29 Å². The van der Waals surface area contributed by atoms with E-state index in [-0.39, 0.29) is 18.1 Å². The number of rotatable bonds is 2. The molecule has 0 radical (unpaired) electrons. The van der Waals surface area contributed by atoms with Gasteiger partial charge in [-0.15, -0.1) is 0 Å². The van der Waals surface area contributed by atoms with Crippen LogP contribution in [0.25, 0.3) is 0 Å². The van der Waals surface area contributed by atoms with Gasteiger partial charge in [-0.2, -0.15) is 0 Å². The highest BCUT2D eigenvalue weighted by Crippen LogP contribution is 2.28. The van der Waals surface area contributed by atoms with E-state index in [0.717, 1.165) is 0 Å². The molecule has 2 rings (SSSR count). The van der Waals surface area contributed by atoms with Crippen molar-refractivity contribution < 1.29 is 29.9 Å². The second-order valence-electron chi connectivity index (χ2n) is 3.84. The predicted octanol–water partition coefficient (Wildman–Crippen LogP) is -0.790. The molecule has 0 bridgehead atoms. The van der Waals surface area contributed by atoms with Gasteiger partial charge in [0.05, 0.1) is 6.61 Å². The molecule has 94 valence electrons.